The van der Waals surface area contributed by atoms with Crippen molar-refractivity contribution in [1.29, 1.82) is 0 Å². The maximum Gasteiger partial charge on any atom is 0.0425 e. The lowest BCUT2D eigenvalue weighted by Crippen LogP contribution is -2.26. The number of aryl methyl sites for hydroxylation is 1. The molecule has 1 aliphatic rings. The van der Waals surface area contributed by atoms with Gasteiger partial charge in [0, 0.05) is 11.3 Å². The molecule has 4 rings (SSSR count). The number of hydrogen-bond donors (Lipinski definition) is 0. The van der Waals surface area contributed by atoms with Crippen molar-refractivity contribution in [3.8, 4) is 0 Å². The van der Waals surface area contributed by atoms with Crippen molar-refractivity contribution in [3.05, 3.63) is 131 Å². The van der Waals surface area contributed by atoms with Crippen LogP contribution in [0.1, 0.15) is 67.9 Å². The number of hydrogen-bond acceptors (Lipinski definition) is 0. The highest BCUT2D eigenvalue weighted by Crippen LogP contribution is 2.44. The summed E-state index contributed by atoms with van der Waals surface area (Å²) in [6.45, 7) is 14.8. The van der Waals surface area contributed by atoms with Gasteiger partial charge < -0.3 is 0 Å². The predicted octanol–water partition coefficient (Wildman–Crippen LogP) is 8.61. The molecular weight excluding hydrogens is 372 g/mol. The summed E-state index contributed by atoms with van der Waals surface area (Å²) >= 11 is 0. The molecule has 0 heterocycles. The Hall–Kier alpha value is -2.86. The second-order valence-electron chi connectivity index (χ2n) is 8.48. The summed E-state index contributed by atoms with van der Waals surface area (Å²) in [6.07, 6.45) is 5.43. The predicted molar refractivity (Wildman–Crippen MR) is 136 cm³/mol. The summed E-state index contributed by atoms with van der Waals surface area (Å²) in [7, 11) is 0. The van der Waals surface area contributed by atoms with E-state index in [1.165, 1.54) is 33.4 Å². The third-order valence-electron chi connectivity index (χ3n) is 6.81. The third-order valence-corrected chi connectivity index (χ3v) is 6.81. The van der Waals surface area contributed by atoms with E-state index in [-0.39, 0.29) is 5.41 Å². The van der Waals surface area contributed by atoms with Crippen molar-refractivity contribution in [2.24, 2.45) is 5.92 Å². The molecule has 0 saturated carbocycles. The molecule has 0 nitrogen and oxygen atoms in total. The Morgan fingerprint density at radius 1 is 0.839 bits per heavy atom. The van der Waals surface area contributed by atoms with Gasteiger partial charge in [-0.3, -0.25) is 0 Å². The fourth-order valence-corrected chi connectivity index (χ4v) is 4.87. The lowest BCUT2D eigenvalue weighted by Gasteiger charge is -2.35. The molecule has 0 bridgehead atoms. The van der Waals surface area contributed by atoms with Gasteiger partial charge in [-0.2, -0.15) is 0 Å². The topological polar surface area (TPSA) is 0 Å². The molecule has 0 spiro atoms. The second kappa shape index (κ2) is 9.96. The van der Waals surface area contributed by atoms with E-state index in [2.05, 4.69) is 112 Å². The summed E-state index contributed by atoms with van der Waals surface area (Å²) < 4.78 is 0. The first-order valence-electron chi connectivity index (χ1n) is 11.6. The van der Waals surface area contributed by atoms with Crippen LogP contribution in [0.25, 0.3) is 0 Å². The van der Waals surface area contributed by atoms with E-state index in [1.54, 1.807) is 0 Å². The van der Waals surface area contributed by atoms with Gasteiger partial charge in [0.1, 0.15) is 0 Å². The highest BCUT2D eigenvalue weighted by atomic mass is 14.4. The molecule has 2 unspecified atom stereocenters. The zero-order chi connectivity index (χ0) is 22.4. The van der Waals surface area contributed by atoms with Gasteiger partial charge >= 0.3 is 0 Å². The van der Waals surface area contributed by atoms with Crippen molar-refractivity contribution in [2.45, 2.75) is 52.4 Å². The summed E-state index contributed by atoms with van der Waals surface area (Å²) in [6, 6.07) is 29.0. The van der Waals surface area contributed by atoms with Gasteiger partial charge in [0.15, 0.2) is 0 Å². The Labute approximate surface area is 189 Å². The monoisotopic (exact) mass is 408 g/mol. The maximum atomic E-state index is 3.88. The molecule has 0 aromatic heterocycles. The van der Waals surface area contributed by atoms with Crippen LogP contribution in [0.4, 0.5) is 0 Å². The Kier molecular flexibility index (Phi) is 7.33. The molecule has 0 N–H and O–H groups in total. The highest BCUT2D eigenvalue weighted by Gasteiger charge is 2.33. The van der Waals surface area contributed by atoms with Gasteiger partial charge in [0.2, 0.25) is 0 Å². The van der Waals surface area contributed by atoms with Crippen LogP contribution < -0.4 is 0 Å². The molecule has 0 radical (unpaired) electrons. The average molecular weight is 409 g/mol. The Balaban J connectivity index is 0.00000132. The normalized spacial score (nSPS) is 19.2. The molecule has 0 heteroatoms. The van der Waals surface area contributed by atoms with E-state index < -0.39 is 0 Å². The van der Waals surface area contributed by atoms with Crippen LogP contribution in [0, 0.1) is 12.8 Å². The van der Waals surface area contributed by atoms with Gasteiger partial charge in [-0.25, -0.2) is 0 Å². The van der Waals surface area contributed by atoms with E-state index in [0.29, 0.717) is 11.8 Å². The standard InChI is InChI=1S/C29H30.C2H6/c1-5-11-24-20-27(22(24)3)23-16-18-26(19-17-23)29(4,25-13-7-6-8-14-25)28-15-10-9-12-21(28)2;1-2/h5-10,12-20,22,27H,1,11H2,2-4H3;1-2H3/t22?,27-,29?;/m1./s1. The average Bonchev–Trinajstić information content (AvgIpc) is 2.83. The molecule has 3 atom stereocenters. The van der Waals surface area contributed by atoms with Crippen LogP contribution in [0.2, 0.25) is 0 Å². The van der Waals surface area contributed by atoms with Crippen LogP contribution in [0.3, 0.4) is 0 Å². The Morgan fingerprint density at radius 3 is 2.00 bits per heavy atom. The first kappa shape index (κ1) is 22.8. The molecule has 0 saturated heterocycles. The van der Waals surface area contributed by atoms with E-state index in [1.807, 2.05) is 19.9 Å². The molecule has 31 heavy (non-hydrogen) atoms. The summed E-state index contributed by atoms with van der Waals surface area (Å²) in [5.41, 5.74) is 8.10. The minimum Gasteiger partial charge on any atom is -0.103 e. The summed E-state index contributed by atoms with van der Waals surface area (Å²) in [5, 5.41) is 0. The minimum absolute atomic E-state index is 0.180. The molecule has 0 amide bonds. The molecule has 0 aliphatic heterocycles. The van der Waals surface area contributed by atoms with E-state index in [0.717, 1.165) is 6.42 Å². The Morgan fingerprint density at radius 2 is 1.42 bits per heavy atom. The quantitative estimate of drug-likeness (QED) is 0.283. The van der Waals surface area contributed by atoms with Crippen molar-refractivity contribution >= 4 is 0 Å². The van der Waals surface area contributed by atoms with Crippen molar-refractivity contribution < 1.29 is 0 Å². The molecule has 1 aliphatic carbocycles. The van der Waals surface area contributed by atoms with Crippen molar-refractivity contribution in [1.82, 2.24) is 0 Å². The Bertz CT molecular complexity index is 1020. The minimum atomic E-state index is -0.180. The summed E-state index contributed by atoms with van der Waals surface area (Å²) in [5.74, 6) is 1.14. The lowest BCUT2D eigenvalue weighted by molar-refractivity contribution is 0.525. The fraction of sp³-hybridized carbons (Fsp3) is 0.290. The van der Waals surface area contributed by atoms with Crippen LogP contribution >= 0.6 is 0 Å². The zero-order valence-electron chi connectivity index (χ0n) is 19.7. The van der Waals surface area contributed by atoms with Crippen LogP contribution in [0.15, 0.2) is 103 Å². The van der Waals surface area contributed by atoms with Crippen LogP contribution in [-0.4, -0.2) is 0 Å². The maximum absolute atomic E-state index is 3.88. The lowest BCUT2D eigenvalue weighted by atomic mass is 9.68. The molecule has 0 fully saturated rings. The second-order valence-corrected chi connectivity index (χ2v) is 8.48. The molecule has 3 aromatic rings. The molecular formula is C31H36. The molecule has 3 aromatic carbocycles. The van der Waals surface area contributed by atoms with Gasteiger partial charge in [-0.15, -0.1) is 6.58 Å². The van der Waals surface area contributed by atoms with E-state index >= 15 is 0 Å². The molecule has 160 valence electrons. The third kappa shape index (κ3) is 4.30. The van der Waals surface area contributed by atoms with Gasteiger partial charge in [0.25, 0.3) is 0 Å². The smallest absolute Gasteiger partial charge is 0.0425 e. The number of benzene rings is 3. The van der Waals surface area contributed by atoms with Gasteiger partial charge in [-0.1, -0.05) is 117 Å². The summed E-state index contributed by atoms with van der Waals surface area (Å²) in [4.78, 5) is 0. The SMILES string of the molecule is C=CCC1=C[C@@H](c2ccc(C(C)(c3ccccc3)c3ccccc3C)cc2)C1C.CC. The van der Waals surface area contributed by atoms with Crippen molar-refractivity contribution in [2.75, 3.05) is 0 Å². The zero-order valence-corrected chi connectivity index (χ0v) is 19.7. The fourth-order valence-electron chi connectivity index (χ4n) is 4.87. The van der Waals surface area contributed by atoms with E-state index in [4.69, 9.17) is 0 Å². The van der Waals surface area contributed by atoms with Crippen molar-refractivity contribution in [3.63, 3.8) is 0 Å². The largest absolute Gasteiger partial charge is 0.103 e. The first-order chi connectivity index (χ1) is 15.1. The van der Waals surface area contributed by atoms with Gasteiger partial charge in [0.05, 0.1) is 0 Å². The van der Waals surface area contributed by atoms with Gasteiger partial charge in [-0.05, 0) is 54.0 Å². The van der Waals surface area contributed by atoms with Crippen LogP contribution in [0.5, 0.6) is 0 Å². The first-order valence-corrected chi connectivity index (χ1v) is 11.6. The highest BCUT2D eigenvalue weighted by molar-refractivity contribution is 5.53. The number of rotatable bonds is 6. The van der Waals surface area contributed by atoms with Crippen LogP contribution in [-0.2, 0) is 5.41 Å². The van der Waals surface area contributed by atoms with E-state index in [9.17, 15) is 0 Å². The number of allylic oxidation sites excluding steroid dienone is 3.